The minimum absolute atomic E-state index is 0.483. The SMILES string of the molecule is Cn1cc(-c2nc(COc3ccc(I)cc3)cs2)cn1. The number of thiazole rings is 1. The summed E-state index contributed by atoms with van der Waals surface area (Å²) in [5.41, 5.74) is 1.98. The second-order valence-electron chi connectivity index (χ2n) is 4.29. The molecule has 0 aliphatic carbocycles. The van der Waals surface area contributed by atoms with Crippen LogP contribution >= 0.6 is 33.9 Å². The second-order valence-corrected chi connectivity index (χ2v) is 6.39. The number of ether oxygens (including phenoxy) is 1. The van der Waals surface area contributed by atoms with E-state index in [0.717, 1.165) is 22.0 Å². The summed E-state index contributed by atoms with van der Waals surface area (Å²) >= 11 is 3.88. The van der Waals surface area contributed by atoms with E-state index in [9.17, 15) is 0 Å². The standard InChI is InChI=1S/C14H12IN3OS/c1-18-7-10(6-16-18)14-17-12(9-20-14)8-19-13-4-2-11(15)3-5-13/h2-7,9H,8H2,1H3. The number of benzene rings is 1. The van der Waals surface area contributed by atoms with Gasteiger partial charge in [-0.15, -0.1) is 11.3 Å². The highest BCUT2D eigenvalue weighted by Crippen LogP contribution is 2.23. The van der Waals surface area contributed by atoms with E-state index in [2.05, 4.69) is 32.7 Å². The maximum atomic E-state index is 5.72. The predicted molar refractivity (Wildman–Crippen MR) is 87.8 cm³/mol. The van der Waals surface area contributed by atoms with Crippen molar-refractivity contribution in [3.63, 3.8) is 0 Å². The van der Waals surface area contributed by atoms with Crippen LogP contribution in [-0.4, -0.2) is 14.8 Å². The molecule has 6 heteroatoms. The van der Waals surface area contributed by atoms with Crippen LogP contribution in [0.1, 0.15) is 5.69 Å². The largest absolute Gasteiger partial charge is 0.487 e. The Morgan fingerprint density at radius 2 is 2.10 bits per heavy atom. The molecule has 3 aromatic rings. The van der Waals surface area contributed by atoms with Crippen LogP contribution in [0.15, 0.2) is 42.0 Å². The number of hydrogen-bond donors (Lipinski definition) is 0. The first-order valence-corrected chi connectivity index (χ1v) is 7.98. The molecule has 0 saturated carbocycles. The highest BCUT2D eigenvalue weighted by Gasteiger charge is 2.07. The van der Waals surface area contributed by atoms with Crippen LogP contribution in [0.4, 0.5) is 0 Å². The summed E-state index contributed by atoms with van der Waals surface area (Å²) in [6.45, 7) is 0.483. The number of rotatable bonds is 4. The molecule has 4 nitrogen and oxygen atoms in total. The van der Waals surface area contributed by atoms with Crippen molar-refractivity contribution in [1.29, 1.82) is 0 Å². The molecule has 2 heterocycles. The molecule has 20 heavy (non-hydrogen) atoms. The fraction of sp³-hybridized carbons (Fsp3) is 0.143. The lowest BCUT2D eigenvalue weighted by Crippen LogP contribution is -1.95. The Kier molecular flexibility index (Phi) is 4.02. The molecular formula is C14H12IN3OS. The molecule has 3 rings (SSSR count). The van der Waals surface area contributed by atoms with Gasteiger partial charge in [0.15, 0.2) is 0 Å². The maximum absolute atomic E-state index is 5.72. The average Bonchev–Trinajstić information content (AvgIpc) is 3.07. The Labute approximate surface area is 134 Å². The summed E-state index contributed by atoms with van der Waals surface area (Å²) in [7, 11) is 1.90. The van der Waals surface area contributed by atoms with Gasteiger partial charge >= 0.3 is 0 Å². The zero-order chi connectivity index (χ0) is 13.9. The summed E-state index contributed by atoms with van der Waals surface area (Å²) in [6.07, 6.45) is 3.78. The fourth-order valence-corrected chi connectivity index (χ4v) is 2.87. The molecule has 0 bridgehead atoms. The fourth-order valence-electron chi connectivity index (χ4n) is 1.73. The number of aryl methyl sites for hydroxylation is 1. The van der Waals surface area contributed by atoms with E-state index < -0.39 is 0 Å². The van der Waals surface area contributed by atoms with Gasteiger partial charge in [0.05, 0.1) is 11.9 Å². The molecule has 0 amide bonds. The van der Waals surface area contributed by atoms with Crippen LogP contribution < -0.4 is 4.74 Å². The summed E-state index contributed by atoms with van der Waals surface area (Å²) in [6, 6.07) is 7.99. The molecule has 1 aromatic carbocycles. The van der Waals surface area contributed by atoms with Crippen molar-refractivity contribution in [3.8, 4) is 16.3 Å². The number of hydrogen-bond acceptors (Lipinski definition) is 4. The molecule has 2 aromatic heterocycles. The first-order valence-electron chi connectivity index (χ1n) is 6.02. The smallest absolute Gasteiger partial charge is 0.131 e. The second kappa shape index (κ2) is 5.92. The maximum Gasteiger partial charge on any atom is 0.131 e. The molecule has 0 radical (unpaired) electrons. The lowest BCUT2D eigenvalue weighted by atomic mass is 10.3. The molecule has 0 aliphatic rings. The molecule has 0 saturated heterocycles. The van der Waals surface area contributed by atoms with E-state index in [4.69, 9.17) is 4.74 Å². The quantitative estimate of drug-likeness (QED) is 0.630. The Bertz CT molecular complexity index is 705. The molecule has 0 N–H and O–H groups in total. The van der Waals surface area contributed by atoms with E-state index in [1.165, 1.54) is 3.57 Å². The van der Waals surface area contributed by atoms with Gasteiger partial charge in [0.1, 0.15) is 17.4 Å². The van der Waals surface area contributed by atoms with Crippen molar-refractivity contribution >= 4 is 33.9 Å². The van der Waals surface area contributed by atoms with Gasteiger partial charge in [0, 0.05) is 27.8 Å². The van der Waals surface area contributed by atoms with Crippen LogP contribution in [-0.2, 0) is 13.7 Å². The Balaban J connectivity index is 1.67. The molecule has 0 aliphatic heterocycles. The molecule has 102 valence electrons. The minimum atomic E-state index is 0.483. The van der Waals surface area contributed by atoms with Gasteiger partial charge in [-0.25, -0.2) is 4.98 Å². The summed E-state index contributed by atoms with van der Waals surface area (Å²) in [5.74, 6) is 0.862. The van der Waals surface area contributed by atoms with Crippen LogP contribution in [0.5, 0.6) is 5.75 Å². The van der Waals surface area contributed by atoms with Crippen LogP contribution in [0.2, 0.25) is 0 Å². The van der Waals surface area contributed by atoms with E-state index >= 15 is 0 Å². The third-order valence-electron chi connectivity index (χ3n) is 2.70. The topological polar surface area (TPSA) is 39.9 Å². The van der Waals surface area contributed by atoms with Gasteiger partial charge in [-0.1, -0.05) is 0 Å². The third kappa shape index (κ3) is 3.18. The first-order chi connectivity index (χ1) is 9.70. The summed E-state index contributed by atoms with van der Waals surface area (Å²) < 4.78 is 8.69. The normalized spacial score (nSPS) is 10.7. The van der Waals surface area contributed by atoms with Crippen LogP contribution in [0.3, 0.4) is 0 Å². The average molecular weight is 397 g/mol. The van der Waals surface area contributed by atoms with Crippen molar-refractivity contribution in [1.82, 2.24) is 14.8 Å². The van der Waals surface area contributed by atoms with Gasteiger partial charge in [-0.05, 0) is 46.9 Å². The highest BCUT2D eigenvalue weighted by molar-refractivity contribution is 14.1. The number of aromatic nitrogens is 3. The van der Waals surface area contributed by atoms with Gasteiger partial charge < -0.3 is 4.74 Å². The van der Waals surface area contributed by atoms with Crippen LogP contribution in [0, 0.1) is 3.57 Å². The lowest BCUT2D eigenvalue weighted by Gasteiger charge is -2.03. The van der Waals surface area contributed by atoms with Gasteiger partial charge in [-0.2, -0.15) is 5.10 Å². The van der Waals surface area contributed by atoms with Crippen molar-refractivity contribution < 1.29 is 4.74 Å². The predicted octanol–water partition coefficient (Wildman–Crippen LogP) is 3.73. The van der Waals surface area contributed by atoms with Gasteiger partial charge in [0.2, 0.25) is 0 Å². The summed E-state index contributed by atoms with van der Waals surface area (Å²) in [4.78, 5) is 4.57. The van der Waals surface area contributed by atoms with Crippen molar-refractivity contribution in [2.45, 2.75) is 6.61 Å². The van der Waals surface area contributed by atoms with Crippen LogP contribution in [0.25, 0.3) is 10.6 Å². The zero-order valence-electron chi connectivity index (χ0n) is 10.8. The molecular weight excluding hydrogens is 385 g/mol. The van der Waals surface area contributed by atoms with Gasteiger partial charge in [0.25, 0.3) is 0 Å². The van der Waals surface area contributed by atoms with E-state index in [-0.39, 0.29) is 0 Å². The van der Waals surface area contributed by atoms with E-state index in [1.54, 1.807) is 16.0 Å². The minimum Gasteiger partial charge on any atom is -0.487 e. The third-order valence-corrected chi connectivity index (χ3v) is 4.36. The molecule has 0 unspecified atom stereocenters. The monoisotopic (exact) mass is 397 g/mol. The molecule has 0 atom stereocenters. The number of halogens is 1. The zero-order valence-corrected chi connectivity index (χ0v) is 13.8. The van der Waals surface area contributed by atoms with Crippen molar-refractivity contribution in [3.05, 3.63) is 51.3 Å². The van der Waals surface area contributed by atoms with Gasteiger partial charge in [-0.3, -0.25) is 4.68 Å². The lowest BCUT2D eigenvalue weighted by molar-refractivity contribution is 0.302. The van der Waals surface area contributed by atoms with E-state index in [1.807, 2.05) is 49.1 Å². The number of nitrogens with zero attached hydrogens (tertiary/aromatic N) is 3. The Morgan fingerprint density at radius 1 is 1.30 bits per heavy atom. The van der Waals surface area contributed by atoms with E-state index in [0.29, 0.717) is 6.61 Å². The van der Waals surface area contributed by atoms with Crippen molar-refractivity contribution in [2.24, 2.45) is 7.05 Å². The highest BCUT2D eigenvalue weighted by atomic mass is 127. The molecule has 0 spiro atoms. The molecule has 0 fully saturated rings. The summed E-state index contributed by atoms with van der Waals surface area (Å²) in [5, 5.41) is 7.15. The van der Waals surface area contributed by atoms with Crippen molar-refractivity contribution in [2.75, 3.05) is 0 Å². The Morgan fingerprint density at radius 3 is 2.80 bits per heavy atom. The Hall–Kier alpha value is -1.41. The first kappa shape index (κ1) is 13.6.